The van der Waals surface area contributed by atoms with Gasteiger partial charge >= 0.3 is 0 Å². The van der Waals surface area contributed by atoms with E-state index >= 15 is 0 Å². The number of carbonyl (C=O) groups excluding carboxylic acids is 1. The van der Waals surface area contributed by atoms with Gasteiger partial charge in [0.1, 0.15) is 0 Å². The van der Waals surface area contributed by atoms with Gasteiger partial charge in [0.25, 0.3) is 0 Å². The van der Waals surface area contributed by atoms with E-state index in [1.807, 2.05) is 12.2 Å². The zero-order valence-electron chi connectivity index (χ0n) is 8.26. The molecule has 0 radical (unpaired) electrons. The zero-order chi connectivity index (χ0) is 10.7. The van der Waals surface area contributed by atoms with Crippen LogP contribution in [-0.2, 0) is 0 Å². The maximum atomic E-state index is 11.9. The Kier molecular flexibility index (Phi) is 2.63. The summed E-state index contributed by atoms with van der Waals surface area (Å²) in [5.41, 5.74) is 6.92. The minimum atomic E-state index is -0.126. The number of ketones is 1. The molecule has 3 nitrogen and oxygen atoms in total. The maximum absolute atomic E-state index is 11.9. The Hall–Kier alpha value is -1.90. The number of allylic oxidation sites excluding steroid dienone is 1. The van der Waals surface area contributed by atoms with Gasteiger partial charge in [0, 0.05) is 17.5 Å². The SMILES string of the molecule is Nc1ccc(C(=O)C2C=CC=NC2)cc1. The van der Waals surface area contributed by atoms with Gasteiger partial charge in [-0.15, -0.1) is 0 Å². The molecule has 0 aromatic heterocycles. The van der Waals surface area contributed by atoms with Crippen LogP contribution in [0, 0.1) is 5.92 Å². The van der Waals surface area contributed by atoms with Gasteiger partial charge in [-0.2, -0.15) is 0 Å². The third-order valence-corrected chi connectivity index (χ3v) is 2.37. The second kappa shape index (κ2) is 4.09. The highest BCUT2D eigenvalue weighted by molar-refractivity contribution is 6.00. The highest BCUT2D eigenvalue weighted by Gasteiger charge is 2.17. The smallest absolute Gasteiger partial charge is 0.171 e. The molecule has 1 aromatic rings. The summed E-state index contributed by atoms with van der Waals surface area (Å²) in [6.45, 7) is 0.541. The highest BCUT2D eigenvalue weighted by Crippen LogP contribution is 2.14. The molecule has 0 bridgehead atoms. The van der Waals surface area contributed by atoms with Crippen LogP contribution in [0.3, 0.4) is 0 Å². The van der Waals surface area contributed by atoms with Gasteiger partial charge in [0.05, 0.1) is 12.5 Å². The first kappa shape index (κ1) is 9.65. The first-order valence-electron chi connectivity index (χ1n) is 4.84. The summed E-state index contributed by atoms with van der Waals surface area (Å²) in [6.07, 6.45) is 5.40. The van der Waals surface area contributed by atoms with E-state index in [0.29, 0.717) is 17.8 Å². The second-order valence-electron chi connectivity index (χ2n) is 3.49. The molecule has 1 atom stereocenters. The molecule has 2 N–H and O–H groups in total. The summed E-state index contributed by atoms with van der Waals surface area (Å²) < 4.78 is 0. The van der Waals surface area contributed by atoms with Crippen LogP contribution in [0.5, 0.6) is 0 Å². The average molecular weight is 200 g/mol. The molecule has 0 spiro atoms. The summed E-state index contributed by atoms with van der Waals surface area (Å²) in [5.74, 6) is -0.0262. The Balaban J connectivity index is 2.17. The van der Waals surface area contributed by atoms with E-state index in [2.05, 4.69) is 4.99 Å². The molecular weight excluding hydrogens is 188 g/mol. The van der Waals surface area contributed by atoms with Crippen molar-refractivity contribution in [1.29, 1.82) is 0 Å². The Labute approximate surface area is 88.3 Å². The van der Waals surface area contributed by atoms with Crippen LogP contribution in [-0.4, -0.2) is 18.5 Å². The van der Waals surface area contributed by atoms with Gasteiger partial charge in [-0.3, -0.25) is 9.79 Å². The zero-order valence-corrected chi connectivity index (χ0v) is 8.26. The van der Waals surface area contributed by atoms with E-state index in [1.165, 1.54) is 0 Å². The summed E-state index contributed by atoms with van der Waals surface area (Å²) in [7, 11) is 0. The summed E-state index contributed by atoms with van der Waals surface area (Å²) in [5, 5.41) is 0. The van der Waals surface area contributed by atoms with Crippen LogP contribution in [0.1, 0.15) is 10.4 Å². The number of aliphatic imine (C=N–C) groups is 1. The molecule has 1 aromatic carbocycles. The van der Waals surface area contributed by atoms with E-state index in [1.54, 1.807) is 30.5 Å². The van der Waals surface area contributed by atoms with Crippen molar-refractivity contribution in [2.45, 2.75) is 0 Å². The number of rotatable bonds is 2. The summed E-state index contributed by atoms with van der Waals surface area (Å²) >= 11 is 0. The summed E-state index contributed by atoms with van der Waals surface area (Å²) in [4.78, 5) is 16.0. The standard InChI is InChI=1S/C12H12N2O/c13-11-5-3-9(4-6-11)12(15)10-2-1-7-14-8-10/h1-7,10H,8,13H2. The monoisotopic (exact) mass is 200 g/mol. The number of Topliss-reactive ketones (excluding diaryl/α,β-unsaturated/α-hetero) is 1. The molecule has 1 aliphatic rings. The van der Waals surface area contributed by atoms with Crippen molar-refractivity contribution in [2.24, 2.45) is 10.9 Å². The van der Waals surface area contributed by atoms with Crippen molar-refractivity contribution in [3.63, 3.8) is 0 Å². The van der Waals surface area contributed by atoms with Crippen LogP contribution in [0.2, 0.25) is 0 Å². The van der Waals surface area contributed by atoms with E-state index in [-0.39, 0.29) is 11.7 Å². The molecule has 15 heavy (non-hydrogen) atoms. The molecule has 0 aliphatic carbocycles. The molecule has 1 unspecified atom stereocenters. The number of nitrogen functional groups attached to an aromatic ring is 1. The molecule has 3 heteroatoms. The lowest BCUT2D eigenvalue weighted by Gasteiger charge is -2.11. The predicted molar refractivity (Wildman–Crippen MR) is 61.2 cm³/mol. The number of nitrogens with zero attached hydrogens (tertiary/aromatic N) is 1. The van der Waals surface area contributed by atoms with Crippen LogP contribution in [0.4, 0.5) is 5.69 Å². The topological polar surface area (TPSA) is 55.5 Å². The number of hydrogen-bond acceptors (Lipinski definition) is 3. The number of benzene rings is 1. The van der Waals surface area contributed by atoms with Crippen molar-refractivity contribution in [2.75, 3.05) is 12.3 Å². The van der Waals surface area contributed by atoms with E-state index in [4.69, 9.17) is 5.73 Å². The fourth-order valence-corrected chi connectivity index (χ4v) is 1.51. The van der Waals surface area contributed by atoms with Gasteiger partial charge in [0.2, 0.25) is 0 Å². The number of carbonyl (C=O) groups is 1. The summed E-state index contributed by atoms with van der Waals surface area (Å²) in [6, 6.07) is 6.99. The Morgan fingerprint density at radius 1 is 1.33 bits per heavy atom. The molecular formula is C12H12N2O. The molecule has 0 saturated heterocycles. The van der Waals surface area contributed by atoms with Crippen molar-refractivity contribution in [3.8, 4) is 0 Å². The average Bonchev–Trinajstić information content (AvgIpc) is 2.30. The predicted octanol–water partition coefficient (Wildman–Crippen LogP) is 1.71. The minimum Gasteiger partial charge on any atom is -0.399 e. The third-order valence-electron chi connectivity index (χ3n) is 2.37. The first-order valence-corrected chi connectivity index (χ1v) is 4.84. The van der Waals surface area contributed by atoms with E-state index in [9.17, 15) is 4.79 Å². The normalized spacial score (nSPS) is 19.1. The highest BCUT2D eigenvalue weighted by atomic mass is 16.1. The molecule has 0 saturated carbocycles. The third kappa shape index (κ3) is 2.13. The Morgan fingerprint density at radius 3 is 2.67 bits per heavy atom. The Bertz CT molecular complexity index is 418. The van der Waals surface area contributed by atoms with Crippen LogP contribution >= 0.6 is 0 Å². The van der Waals surface area contributed by atoms with Crippen LogP contribution in [0.25, 0.3) is 0 Å². The number of hydrogen-bond donors (Lipinski definition) is 1. The lowest BCUT2D eigenvalue weighted by Crippen LogP contribution is -2.17. The second-order valence-corrected chi connectivity index (χ2v) is 3.49. The van der Waals surface area contributed by atoms with E-state index in [0.717, 1.165) is 0 Å². The maximum Gasteiger partial charge on any atom is 0.171 e. The lowest BCUT2D eigenvalue weighted by molar-refractivity contribution is 0.0948. The van der Waals surface area contributed by atoms with Gasteiger partial charge in [0.15, 0.2) is 5.78 Å². The molecule has 0 fully saturated rings. The Morgan fingerprint density at radius 2 is 2.07 bits per heavy atom. The lowest BCUT2D eigenvalue weighted by atomic mass is 9.96. The number of anilines is 1. The van der Waals surface area contributed by atoms with Gasteiger partial charge in [-0.05, 0) is 30.3 Å². The van der Waals surface area contributed by atoms with Crippen molar-refractivity contribution in [1.82, 2.24) is 0 Å². The quantitative estimate of drug-likeness (QED) is 0.583. The number of nitrogens with two attached hydrogens (primary N) is 1. The first-order chi connectivity index (χ1) is 7.27. The van der Waals surface area contributed by atoms with Crippen molar-refractivity contribution < 1.29 is 4.79 Å². The molecule has 2 rings (SSSR count). The van der Waals surface area contributed by atoms with Gasteiger partial charge in [-0.1, -0.05) is 6.08 Å². The molecule has 1 heterocycles. The fraction of sp³-hybridized carbons (Fsp3) is 0.167. The fourth-order valence-electron chi connectivity index (χ4n) is 1.51. The van der Waals surface area contributed by atoms with Crippen molar-refractivity contribution in [3.05, 3.63) is 42.0 Å². The van der Waals surface area contributed by atoms with Crippen molar-refractivity contribution >= 4 is 17.7 Å². The van der Waals surface area contributed by atoms with E-state index < -0.39 is 0 Å². The minimum absolute atomic E-state index is 0.100. The van der Waals surface area contributed by atoms with Crippen LogP contribution < -0.4 is 5.73 Å². The molecule has 76 valence electrons. The molecule has 1 aliphatic heterocycles. The molecule has 0 amide bonds. The van der Waals surface area contributed by atoms with Gasteiger partial charge in [-0.25, -0.2) is 0 Å². The van der Waals surface area contributed by atoms with Gasteiger partial charge < -0.3 is 5.73 Å². The number of dihydropyridines is 1. The largest absolute Gasteiger partial charge is 0.399 e. The van der Waals surface area contributed by atoms with Crippen LogP contribution in [0.15, 0.2) is 41.4 Å².